The Morgan fingerprint density at radius 3 is 2.78 bits per heavy atom. The maximum Gasteiger partial charge on any atom is 0.323 e. The zero-order valence-corrected chi connectivity index (χ0v) is 16.5. The fourth-order valence-corrected chi connectivity index (χ4v) is 4.10. The molecular formula is C19H27N3O4S. The zero-order chi connectivity index (χ0) is 19.6. The molecule has 1 saturated heterocycles. The Morgan fingerprint density at radius 2 is 2.11 bits per heavy atom. The van der Waals surface area contributed by atoms with Gasteiger partial charge in [0, 0.05) is 50.2 Å². The first kappa shape index (κ1) is 21.2. The molecule has 7 nitrogen and oxygen atoms in total. The van der Waals surface area contributed by atoms with Gasteiger partial charge in [-0.2, -0.15) is 11.8 Å². The number of nitrogens with zero attached hydrogens (tertiary/aromatic N) is 3. The summed E-state index contributed by atoms with van der Waals surface area (Å²) in [6.45, 7) is 2.35. The van der Waals surface area contributed by atoms with E-state index >= 15 is 0 Å². The minimum atomic E-state index is -1.01. The van der Waals surface area contributed by atoms with Gasteiger partial charge in [-0.25, -0.2) is 0 Å². The van der Waals surface area contributed by atoms with Gasteiger partial charge in [-0.1, -0.05) is 6.07 Å². The highest BCUT2D eigenvalue weighted by Crippen LogP contribution is 2.19. The van der Waals surface area contributed by atoms with Gasteiger partial charge >= 0.3 is 5.97 Å². The Hall–Kier alpha value is -2.09. The van der Waals surface area contributed by atoms with Crippen LogP contribution in [0.25, 0.3) is 0 Å². The van der Waals surface area contributed by atoms with Crippen LogP contribution in [0.1, 0.15) is 38.3 Å². The molecule has 148 valence electrons. The van der Waals surface area contributed by atoms with Gasteiger partial charge in [0.15, 0.2) is 0 Å². The second-order valence-electron chi connectivity index (χ2n) is 6.63. The lowest BCUT2D eigenvalue weighted by atomic mass is 10.1. The lowest BCUT2D eigenvalue weighted by Gasteiger charge is -2.28. The number of carboxylic acids is 1. The second kappa shape index (κ2) is 10.9. The zero-order valence-electron chi connectivity index (χ0n) is 15.7. The third-order valence-electron chi connectivity index (χ3n) is 4.64. The fourth-order valence-electron chi connectivity index (χ4n) is 3.26. The topological polar surface area (TPSA) is 90.8 Å². The summed E-state index contributed by atoms with van der Waals surface area (Å²) in [5, 5.41) is 9.01. The molecule has 0 spiro atoms. The molecule has 0 radical (unpaired) electrons. The summed E-state index contributed by atoms with van der Waals surface area (Å²) < 4.78 is 0. The van der Waals surface area contributed by atoms with Gasteiger partial charge in [0.1, 0.15) is 6.54 Å². The quantitative estimate of drug-likeness (QED) is 0.680. The van der Waals surface area contributed by atoms with Crippen molar-refractivity contribution in [1.82, 2.24) is 14.8 Å². The molecular weight excluding hydrogens is 366 g/mol. The molecule has 1 aromatic rings. The van der Waals surface area contributed by atoms with Gasteiger partial charge in [0.25, 0.3) is 0 Å². The van der Waals surface area contributed by atoms with Crippen molar-refractivity contribution in [2.75, 3.05) is 25.4 Å². The number of amides is 2. The summed E-state index contributed by atoms with van der Waals surface area (Å²) in [7, 11) is 0. The van der Waals surface area contributed by atoms with Crippen molar-refractivity contribution < 1.29 is 19.5 Å². The number of aliphatic carboxylic acids is 1. The molecule has 0 aliphatic carbocycles. The van der Waals surface area contributed by atoms with E-state index in [0.717, 1.165) is 30.0 Å². The van der Waals surface area contributed by atoms with Crippen molar-refractivity contribution in [1.29, 1.82) is 0 Å². The van der Waals surface area contributed by atoms with Crippen molar-refractivity contribution in [3.05, 3.63) is 30.1 Å². The van der Waals surface area contributed by atoms with E-state index in [2.05, 4.69) is 4.98 Å². The minimum absolute atomic E-state index is 0.116. The lowest BCUT2D eigenvalue weighted by Crippen LogP contribution is -2.43. The molecule has 1 aliphatic heterocycles. The molecule has 0 saturated carbocycles. The van der Waals surface area contributed by atoms with Crippen LogP contribution in [0, 0.1) is 0 Å². The Bertz CT molecular complexity index is 641. The van der Waals surface area contributed by atoms with Crippen LogP contribution in [0.3, 0.4) is 0 Å². The molecule has 1 fully saturated rings. The average molecular weight is 394 g/mol. The number of aromatic nitrogens is 1. The number of pyridine rings is 1. The lowest BCUT2D eigenvalue weighted by molar-refractivity contribution is -0.145. The molecule has 27 heavy (non-hydrogen) atoms. The van der Waals surface area contributed by atoms with E-state index in [0.29, 0.717) is 25.9 Å². The average Bonchev–Trinajstić information content (AvgIpc) is 2.90. The van der Waals surface area contributed by atoms with E-state index in [9.17, 15) is 14.4 Å². The summed E-state index contributed by atoms with van der Waals surface area (Å²) in [4.78, 5) is 42.8. The van der Waals surface area contributed by atoms with Gasteiger partial charge in [-0.15, -0.1) is 0 Å². The predicted molar refractivity (Wildman–Crippen MR) is 104 cm³/mol. The maximum atomic E-state index is 12.5. The molecule has 2 heterocycles. The normalized spacial score (nSPS) is 17.2. The summed E-state index contributed by atoms with van der Waals surface area (Å²) in [6, 6.07) is 5.70. The second-order valence-corrected chi connectivity index (χ2v) is 7.74. The van der Waals surface area contributed by atoms with E-state index in [-0.39, 0.29) is 24.4 Å². The Morgan fingerprint density at radius 1 is 1.30 bits per heavy atom. The van der Waals surface area contributed by atoms with Crippen LogP contribution in [0.4, 0.5) is 0 Å². The highest BCUT2D eigenvalue weighted by atomic mass is 32.2. The van der Waals surface area contributed by atoms with Crippen LogP contribution in [-0.4, -0.2) is 69.1 Å². The molecule has 1 atom stereocenters. The number of carboxylic acid groups (broad SMARTS) is 1. The van der Waals surface area contributed by atoms with Gasteiger partial charge in [-0.05, 0) is 31.4 Å². The largest absolute Gasteiger partial charge is 0.480 e. The third-order valence-corrected chi connectivity index (χ3v) is 5.63. The first-order valence-corrected chi connectivity index (χ1v) is 10.4. The molecule has 0 bridgehead atoms. The van der Waals surface area contributed by atoms with Crippen molar-refractivity contribution in [3.8, 4) is 0 Å². The van der Waals surface area contributed by atoms with Crippen molar-refractivity contribution in [2.45, 2.75) is 44.4 Å². The van der Waals surface area contributed by atoms with Gasteiger partial charge < -0.3 is 14.9 Å². The first-order valence-electron chi connectivity index (χ1n) is 9.22. The Balaban J connectivity index is 1.76. The van der Waals surface area contributed by atoms with E-state index in [1.807, 2.05) is 23.1 Å². The first-order chi connectivity index (χ1) is 13.0. The van der Waals surface area contributed by atoms with Crippen molar-refractivity contribution in [2.24, 2.45) is 0 Å². The fraction of sp³-hybridized carbons (Fsp3) is 0.579. The maximum absolute atomic E-state index is 12.5. The van der Waals surface area contributed by atoms with E-state index in [4.69, 9.17) is 5.11 Å². The number of carbonyl (C=O) groups is 3. The number of rotatable bonds is 8. The third kappa shape index (κ3) is 7.21. The van der Waals surface area contributed by atoms with Crippen LogP contribution in [0.15, 0.2) is 24.4 Å². The summed E-state index contributed by atoms with van der Waals surface area (Å²) >= 11 is 1.69. The minimum Gasteiger partial charge on any atom is -0.480 e. The number of thioether (sulfide) groups is 1. The van der Waals surface area contributed by atoms with Crippen molar-refractivity contribution >= 4 is 29.5 Å². The molecule has 8 heteroatoms. The highest BCUT2D eigenvalue weighted by Gasteiger charge is 2.27. The van der Waals surface area contributed by atoms with Crippen LogP contribution in [0.5, 0.6) is 0 Å². The Labute approximate surface area is 164 Å². The predicted octanol–water partition coefficient (Wildman–Crippen LogP) is 2.02. The van der Waals surface area contributed by atoms with Crippen LogP contribution in [-0.2, 0) is 20.1 Å². The van der Waals surface area contributed by atoms with Gasteiger partial charge in [0.2, 0.25) is 11.8 Å². The van der Waals surface area contributed by atoms with Crippen LogP contribution in [0.2, 0.25) is 0 Å². The number of hydrogen-bond acceptors (Lipinski definition) is 5. The van der Waals surface area contributed by atoms with Crippen LogP contribution < -0.4 is 0 Å². The molecule has 0 aromatic carbocycles. The molecule has 1 aromatic heterocycles. The van der Waals surface area contributed by atoms with Crippen molar-refractivity contribution in [3.63, 3.8) is 0 Å². The van der Waals surface area contributed by atoms with Crippen LogP contribution >= 0.6 is 11.8 Å². The van der Waals surface area contributed by atoms with E-state index in [1.54, 1.807) is 18.0 Å². The smallest absolute Gasteiger partial charge is 0.323 e. The number of hydrogen-bond donors (Lipinski definition) is 1. The molecule has 1 N–H and O–H groups in total. The monoisotopic (exact) mass is 393 g/mol. The highest BCUT2D eigenvalue weighted by molar-refractivity contribution is 7.98. The van der Waals surface area contributed by atoms with Gasteiger partial charge in [-0.3, -0.25) is 19.4 Å². The standard InChI is InChI=1S/C19H27N3O4S/c1-15(23)22(13-19(25)26)17-6-4-10-21(11-7-17)18(24)8-12-27-14-16-5-2-3-9-20-16/h2-3,5,9,17H,4,6-8,10-14H2,1H3,(H,25,26). The summed E-state index contributed by atoms with van der Waals surface area (Å²) in [6.07, 6.45) is 4.38. The summed E-state index contributed by atoms with van der Waals surface area (Å²) in [5.41, 5.74) is 1.01. The Kier molecular flexibility index (Phi) is 8.57. The van der Waals surface area contributed by atoms with Gasteiger partial charge in [0.05, 0.1) is 5.69 Å². The van der Waals surface area contributed by atoms with E-state index in [1.165, 1.54) is 11.8 Å². The number of likely N-dealkylation sites (tertiary alicyclic amines) is 1. The SMILES string of the molecule is CC(=O)N(CC(=O)O)C1CCCN(C(=O)CCSCc2ccccn2)CC1. The molecule has 1 unspecified atom stereocenters. The summed E-state index contributed by atoms with van der Waals surface area (Å²) in [5.74, 6) is 0.421. The molecule has 2 amide bonds. The number of carbonyl (C=O) groups excluding carboxylic acids is 2. The molecule has 2 rings (SSSR count). The van der Waals surface area contributed by atoms with E-state index < -0.39 is 5.97 Å². The molecule has 1 aliphatic rings.